The molecule has 2 amide bonds. The minimum Gasteiger partial charge on any atom is -0.453 e. The lowest BCUT2D eigenvalue weighted by Crippen LogP contribution is -2.62. The number of hydrogen-bond acceptors (Lipinski definition) is 3. The number of carbonyl (C=O) groups excluding carboxylic acids is 2. The second-order valence-corrected chi connectivity index (χ2v) is 6.33. The summed E-state index contributed by atoms with van der Waals surface area (Å²) in [5.41, 5.74) is 1.07. The molecule has 0 spiro atoms. The Bertz CT molecular complexity index is 585. The maximum absolute atomic E-state index is 13.2. The summed E-state index contributed by atoms with van der Waals surface area (Å²) in [5.74, 6) is -0.176. The maximum atomic E-state index is 13.2. The van der Waals surface area contributed by atoms with Crippen LogP contribution in [0.25, 0.3) is 0 Å². The van der Waals surface area contributed by atoms with Gasteiger partial charge >= 0.3 is 6.09 Å². The number of methoxy groups -OCH3 is 1. The molecule has 1 aliphatic heterocycles. The van der Waals surface area contributed by atoms with Crippen molar-refractivity contribution < 1.29 is 14.3 Å². The molecular weight excluding hydrogens is 280 g/mol. The Morgan fingerprint density at radius 1 is 1.36 bits per heavy atom. The SMILES string of the molecule is COC(=O)N[C@](C)(C(=O)N1c2ccccc2CC1C)C(C)C. The van der Waals surface area contributed by atoms with Crippen molar-refractivity contribution in [3.8, 4) is 0 Å². The van der Waals surface area contributed by atoms with E-state index in [2.05, 4.69) is 10.1 Å². The van der Waals surface area contributed by atoms with Crippen LogP contribution in [0.4, 0.5) is 10.5 Å². The Morgan fingerprint density at radius 2 is 2.00 bits per heavy atom. The Balaban J connectivity index is 2.37. The molecule has 1 aromatic rings. The molecular formula is C17H24N2O3. The van der Waals surface area contributed by atoms with Crippen molar-refractivity contribution >= 4 is 17.7 Å². The van der Waals surface area contributed by atoms with Gasteiger partial charge in [-0.2, -0.15) is 0 Å². The molecule has 0 fully saturated rings. The van der Waals surface area contributed by atoms with Gasteiger partial charge in [0.15, 0.2) is 0 Å². The van der Waals surface area contributed by atoms with Crippen molar-refractivity contribution in [3.63, 3.8) is 0 Å². The van der Waals surface area contributed by atoms with Crippen molar-refractivity contribution in [2.45, 2.75) is 45.7 Å². The second-order valence-electron chi connectivity index (χ2n) is 6.33. The van der Waals surface area contributed by atoms with E-state index in [9.17, 15) is 9.59 Å². The second kappa shape index (κ2) is 5.99. The van der Waals surface area contributed by atoms with Crippen LogP contribution in [0.15, 0.2) is 24.3 Å². The fourth-order valence-corrected chi connectivity index (χ4v) is 2.83. The number of rotatable bonds is 3. The summed E-state index contributed by atoms with van der Waals surface area (Å²) in [5, 5.41) is 2.72. The van der Waals surface area contributed by atoms with Crippen LogP contribution in [0.2, 0.25) is 0 Å². The van der Waals surface area contributed by atoms with Crippen LogP contribution in [-0.2, 0) is 16.0 Å². The van der Waals surface area contributed by atoms with Crippen molar-refractivity contribution in [1.29, 1.82) is 0 Å². The lowest BCUT2D eigenvalue weighted by molar-refractivity contribution is -0.126. The molecule has 2 atom stereocenters. The first kappa shape index (κ1) is 16.3. The highest BCUT2D eigenvalue weighted by molar-refractivity contribution is 6.03. The minimum atomic E-state index is -1.02. The zero-order valence-electron chi connectivity index (χ0n) is 13.8. The van der Waals surface area contributed by atoms with E-state index in [-0.39, 0.29) is 17.9 Å². The van der Waals surface area contributed by atoms with E-state index >= 15 is 0 Å². The first-order valence-electron chi connectivity index (χ1n) is 7.59. The summed E-state index contributed by atoms with van der Waals surface area (Å²) >= 11 is 0. The van der Waals surface area contributed by atoms with Gasteiger partial charge in [-0.25, -0.2) is 4.79 Å². The van der Waals surface area contributed by atoms with Gasteiger partial charge in [-0.15, -0.1) is 0 Å². The van der Waals surface area contributed by atoms with Crippen LogP contribution in [0.1, 0.15) is 33.3 Å². The number of carbonyl (C=O) groups is 2. The van der Waals surface area contributed by atoms with Crippen molar-refractivity contribution in [1.82, 2.24) is 5.32 Å². The van der Waals surface area contributed by atoms with Gasteiger partial charge in [0.2, 0.25) is 0 Å². The largest absolute Gasteiger partial charge is 0.453 e. The van der Waals surface area contributed by atoms with Gasteiger partial charge < -0.3 is 15.0 Å². The highest BCUT2D eigenvalue weighted by Crippen LogP contribution is 2.35. The predicted octanol–water partition coefficient (Wildman–Crippen LogP) is 2.73. The van der Waals surface area contributed by atoms with Gasteiger partial charge in [-0.05, 0) is 37.8 Å². The van der Waals surface area contributed by atoms with E-state index in [0.29, 0.717) is 0 Å². The Kier molecular flexibility index (Phi) is 4.44. The Hall–Kier alpha value is -2.04. The maximum Gasteiger partial charge on any atom is 0.407 e. The molecule has 0 aromatic heterocycles. The van der Waals surface area contributed by atoms with Gasteiger partial charge in [0.05, 0.1) is 7.11 Å². The van der Waals surface area contributed by atoms with E-state index in [1.807, 2.05) is 45.0 Å². The number of ether oxygens (including phenoxy) is 1. The highest BCUT2D eigenvalue weighted by atomic mass is 16.5. The Morgan fingerprint density at radius 3 is 2.59 bits per heavy atom. The van der Waals surface area contributed by atoms with E-state index < -0.39 is 11.6 Å². The van der Waals surface area contributed by atoms with Crippen LogP contribution in [-0.4, -0.2) is 30.7 Å². The lowest BCUT2D eigenvalue weighted by Gasteiger charge is -2.37. The zero-order valence-corrected chi connectivity index (χ0v) is 13.8. The van der Waals surface area contributed by atoms with Crippen molar-refractivity contribution in [2.75, 3.05) is 12.0 Å². The molecule has 22 heavy (non-hydrogen) atoms. The molecule has 120 valence electrons. The number of para-hydroxylation sites is 1. The molecule has 2 rings (SSSR count). The molecule has 0 aliphatic carbocycles. The van der Waals surface area contributed by atoms with Crippen LogP contribution < -0.4 is 10.2 Å². The quantitative estimate of drug-likeness (QED) is 0.934. The molecule has 0 saturated heterocycles. The molecule has 1 unspecified atom stereocenters. The summed E-state index contributed by atoms with van der Waals surface area (Å²) < 4.78 is 4.68. The van der Waals surface area contributed by atoms with Gasteiger partial charge in [-0.3, -0.25) is 4.79 Å². The summed E-state index contributed by atoms with van der Waals surface area (Å²) in [4.78, 5) is 26.7. The number of alkyl carbamates (subject to hydrolysis) is 1. The molecule has 0 bridgehead atoms. The number of nitrogens with zero attached hydrogens (tertiary/aromatic N) is 1. The monoisotopic (exact) mass is 304 g/mol. The fraction of sp³-hybridized carbons (Fsp3) is 0.529. The minimum absolute atomic E-state index is 0.0703. The summed E-state index contributed by atoms with van der Waals surface area (Å²) in [7, 11) is 1.30. The van der Waals surface area contributed by atoms with Crippen LogP contribution >= 0.6 is 0 Å². The summed E-state index contributed by atoms with van der Waals surface area (Å²) in [6.07, 6.45) is 0.235. The van der Waals surface area contributed by atoms with Crippen LogP contribution in [0.3, 0.4) is 0 Å². The van der Waals surface area contributed by atoms with Gasteiger partial charge in [0.25, 0.3) is 5.91 Å². The molecule has 0 saturated carbocycles. The van der Waals surface area contributed by atoms with Gasteiger partial charge in [-0.1, -0.05) is 32.0 Å². The summed E-state index contributed by atoms with van der Waals surface area (Å²) in [6, 6.07) is 7.98. The number of amides is 2. The van der Waals surface area contributed by atoms with Crippen molar-refractivity contribution in [2.24, 2.45) is 5.92 Å². The fourth-order valence-electron chi connectivity index (χ4n) is 2.83. The molecule has 5 heteroatoms. The van der Waals surface area contributed by atoms with E-state index in [0.717, 1.165) is 17.7 Å². The third kappa shape index (κ3) is 2.67. The third-order valence-corrected chi connectivity index (χ3v) is 4.57. The first-order valence-corrected chi connectivity index (χ1v) is 7.59. The van der Waals surface area contributed by atoms with E-state index in [1.165, 1.54) is 7.11 Å². The molecule has 1 aliphatic rings. The molecule has 1 aromatic carbocycles. The molecule has 1 N–H and O–H groups in total. The normalized spacial score (nSPS) is 19.5. The summed E-state index contributed by atoms with van der Waals surface area (Å²) in [6.45, 7) is 7.61. The third-order valence-electron chi connectivity index (χ3n) is 4.57. The van der Waals surface area contributed by atoms with E-state index in [1.54, 1.807) is 11.8 Å². The predicted molar refractivity (Wildman–Crippen MR) is 85.9 cm³/mol. The smallest absolute Gasteiger partial charge is 0.407 e. The Labute approximate surface area is 131 Å². The standard InChI is InChI=1S/C17H24N2O3/c1-11(2)17(4,18-16(21)22-5)15(20)19-12(3)10-13-8-6-7-9-14(13)19/h6-9,11-12H,10H2,1-5H3,(H,18,21)/t12?,17-/m0/s1. The number of nitrogens with one attached hydrogen (secondary N) is 1. The average molecular weight is 304 g/mol. The molecule has 0 radical (unpaired) electrons. The zero-order chi connectivity index (χ0) is 16.5. The number of fused-ring (bicyclic) bond motifs is 1. The topological polar surface area (TPSA) is 58.6 Å². The lowest BCUT2D eigenvalue weighted by atomic mass is 9.86. The van der Waals surface area contributed by atoms with Crippen LogP contribution in [0, 0.1) is 5.92 Å². The molecule has 5 nitrogen and oxygen atoms in total. The van der Waals surface area contributed by atoms with Gasteiger partial charge in [0.1, 0.15) is 5.54 Å². The van der Waals surface area contributed by atoms with Gasteiger partial charge in [0, 0.05) is 11.7 Å². The number of anilines is 1. The first-order chi connectivity index (χ1) is 10.3. The van der Waals surface area contributed by atoms with Crippen LogP contribution in [0.5, 0.6) is 0 Å². The average Bonchev–Trinajstić information content (AvgIpc) is 2.81. The number of benzene rings is 1. The van der Waals surface area contributed by atoms with Crippen molar-refractivity contribution in [3.05, 3.63) is 29.8 Å². The van der Waals surface area contributed by atoms with E-state index in [4.69, 9.17) is 0 Å². The molecule has 1 heterocycles. The highest BCUT2D eigenvalue weighted by Gasteiger charge is 2.45. The number of hydrogen-bond donors (Lipinski definition) is 1.